The number of carbonyl (C=O) groups excluding carboxylic acids is 1. The lowest BCUT2D eigenvalue weighted by Gasteiger charge is -2.30. The van der Waals surface area contributed by atoms with E-state index in [2.05, 4.69) is 30.5 Å². The monoisotopic (exact) mass is 292 g/mol. The minimum Gasteiger partial charge on any atom is -0.396 e. The van der Waals surface area contributed by atoms with Gasteiger partial charge in [0, 0.05) is 12.1 Å². The van der Waals surface area contributed by atoms with Crippen LogP contribution >= 0.6 is 0 Å². The van der Waals surface area contributed by atoms with E-state index in [1.807, 2.05) is 32.9 Å². The van der Waals surface area contributed by atoms with Crippen molar-refractivity contribution in [3.63, 3.8) is 0 Å². The molecule has 0 saturated carbocycles. The van der Waals surface area contributed by atoms with Gasteiger partial charge in [-0.05, 0) is 57.2 Å². The van der Waals surface area contributed by atoms with Crippen LogP contribution in [0.3, 0.4) is 0 Å². The molecule has 4 heteroatoms. The molecule has 0 aromatic heterocycles. The van der Waals surface area contributed by atoms with Gasteiger partial charge in [-0.15, -0.1) is 0 Å². The Morgan fingerprint density at radius 1 is 1.38 bits per heavy atom. The molecule has 0 saturated heterocycles. The van der Waals surface area contributed by atoms with Crippen molar-refractivity contribution in [2.75, 3.05) is 6.61 Å². The van der Waals surface area contributed by atoms with Crippen LogP contribution in [-0.4, -0.2) is 23.3 Å². The van der Waals surface area contributed by atoms with Gasteiger partial charge in [0.05, 0.1) is 6.04 Å². The van der Waals surface area contributed by atoms with E-state index in [4.69, 9.17) is 5.11 Å². The Balaban J connectivity index is 2.72. The van der Waals surface area contributed by atoms with E-state index in [1.54, 1.807) is 0 Å². The highest BCUT2D eigenvalue weighted by molar-refractivity contribution is 5.75. The molecule has 21 heavy (non-hydrogen) atoms. The molecule has 1 rings (SSSR count). The summed E-state index contributed by atoms with van der Waals surface area (Å²) in [6.45, 7) is 10.1. The third-order valence-corrected chi connectivity index (χ3v) is 4.32. The van der Waals surface area contributed by atoms with Crippen molar-refractivity contribution in [1.82, 2.24) is 10.6 Å². The number of benzene rings is 1. The number of rotatable bonds is 6. The van der Waals surface area contributed by atoms with Crippen molar-refractivity contribution in [3.8, 4) is 0 Å². The molecule has 0 fully saturated rings. The number of carbonyl (C=O) groups is 1. The summed E-state index contributed by atoms with van der Waals surface area (Å²) < 4.78 is 0. The van der Waals surface area contributed by atoms with E-state index in [0.29, 0.717) is 6.42 Å². The van der Waals surface area contributed by atoms with Crippen molar-refractivity contribution >= 4 is 6.03 Å². The molecule has 3 N–H and O–H groups in total. The summed E-state index contributed by atoms with van der Waals surface area (Å²) >= 11 is 0. The van der Waals surface area contributed by atoms with Gasteiger partial charge in [0.15, 0.2) is 0 Å². The number of amides is 2. The topological polar surface area (TPSA) is 61.4 Å². The molecule has 0 radical (unpaired) electrons. The van der Waals surface area contributed by atoms with Gasteiger partial charge in [-0.1, -0.05) is 25.1 Å². The molecule has 0 aliphatic carbocycles. The lowest BCUT2D eigenvalue weighted by atomic mass is 9.95. The van der Waals surface area contributed by atoms with Crippen LogP contribution in [0.5, 0.6) is 0 Å². The third kappa shape index (κ3) is 4.74. The Bertz CT molecular complexity index is 488. The van der Waals surface area contributed by atoms with E-state index >= 15 is 0 Å². The van der Waals surface area contributed by atoms with E-state index in [9.17, 15) is 4.79 Å². The fourth-order valence-electron chi connectivity index (χ4n) is 2.40. The van der Waals surface area contributed by atoms with Gasteiger partial charge in [0.1, 0.15) is 0 Å². The van der Waals surface area contributed by atoms with Crippen molar-refractivity contribution in [1.29, 1.82) is 0 Å². The van der Waals surface area contributed by atoms with Crippen molar-refractivity contribution in [2.24, 2.45) is 0 Å². The summed E-state index contributed by atoms with van der Waals surface area (Å²) in [5, 5.41) is 15.1. The summed E-state index contributed by atoms with van der Waals surface area (Å²) in [5.74, 6) is 0. The first-order chi connectivity index (χ1) is 9.83. The molecule has 0 bridgehead atoms. The second kappa shape index (κ2) is 7.46. The van der Waals surface area contributed by atoms with Crippen LogP contribution in [0.2, 0.25) is 0 Å². The summed E-state index contributed by atoms with van der Waals surface area (Å²) in [7, 11) is 0. The second-order valence-corrected chi connectivity index (χ2v) is 6.00. The molecular weight excluding hydrogens is 264 g/mol. The normalized spacial score (nSPS) is 15.1. The second-order valence-electron chi connectivity index (χ2n) is 6.00. The average molecular weight is 292 g/mol. The number of hydrogen-bond acceptors (Lipinski definition) is 2. The van der Waals surface area contributed by atoms with Crippen molar-refractivity contribution in [2.45, 2.75) is 59.0 Å². The number of aliphatic hydroxyl groups is 1. The summed E-state index contributed by atoms with van der Waals surface area (Å²) in [5.41, 5.74) is 3.19. The number of aliphatic hydroxyl groups excluding tert-OH is 1. The third-order valence-electron chi connectivity index (χ3n) is 4.32. The molecule has 0 heterocycles. The van der Waals surface area contributed by atoms with E-state index in [0.717, 1.165) is 12.0 Å². The van der Waals surface area contributed by atoms with Crippen LogP contribution in [0, 0.1) is 13.8 Å². The molecule has 2 unspecified atom stereocenters. The zero-order valence-corrected chi connectivity index (χ0v) is 13.8. The summed E-state index contributed by atoms with van der Waals surface area (Å²) in [6.07, 6.45) is 1.33. The SMILES string of the molecule is CCC(C)(CCO)NC(=O)NC(C)c1cccc(C)c1C. The van der Waals surface area contributed by atoms with Gasteiger partial charge in [0.2, 0.25) is 0 Å². The molecule has 2 amide bonds. The largest absolute Gasteiger partial charge is 0.396 e. The minimum absolute atomic E-state index is 0.0554. The van der Waals surface area contributed by atoms with Crippen LogP contribution in [0.15, 0.2) is 18.2 Å². The zero-order valence-electron chi connectivity index (χ0n) is 13.8. The van der Waals surface area contributed by atoms with Crippen LogP contribution in [0.4, 0.5) is 4.79 Å². The Kier molecular flexibility index (Phi) is 6.21. The molecule has 1 aromatic rings. The van der Waals surface area contributed by atoms with Crippen LogP contribution in [0.25, 0.3) is 0 Å². The quantitative estimate of drug-likeness (QED) is 0.754. The molecule has 0 aliphatic rings. The predicted octanol–water partition coefficient (Wildman–Crippen LogP) is 3.21. The molecular formula is C17H28N2O2. The minimum atomic E-state index is -0.375. The van der Waals surface area contributed by atoms with Crippen molar-refractivity contribution < 1.29 is 9.90 Å². The number of aryl methyl sites for hydroxylation is 1. The first-order valence-corrected chi connectivity index (χ1v) is 7.58. The van der Waals surface area contributed by atoms with Gasteiger partial charge < -0.3 is 15.7 Å². The van der Waals surface area contributed by atoms with Gasteiger partial charge >= 0.3 is 6.03 Å². The molecule has 2 atom stereocenters. The highest BCUT2D eigenvalue weighted by Gasteiger charge is 2.24. The molecule has 1 aromatic carbocycles. The Hall–Kier alpha value is -1.55. The maximum absolute atomic E-state index is 12.2. The van der Waals surface area contributed by atoms with Crippen LogP contribution < -0.4 is 10.6 Å². The van der Waals surface area contributed by atoms with Crippen molar-refractivity contribution in [3.05, 3.63) is 34.9 Å². The zero-order chi connectivity index (χ0) is 16.0. The van der Waals surface area contributed by atoms with E-state index in [1.165, 1.54) is 11.1 Å². The molecule has 118 valence electrons. The summed E-state index contributed by atoms with van der Waals surface area (Å²) in [4.78, 5) is 12.2. The van der Waals surface area contributed by atoms with Gasteiger partial charge in [-0.3, -0.25) is 0 Å². The molecule has 0 aliphatic heterocycles. The highest BCUT2D eigenvalue weighted by atomic mass is 16.3. The van der Waals surface area contributed by atoms with Crippen LogP contribution in [-0.2, 0) is 0 Å². The van der Waals surface area contributed by atoms with Gasteiger partial charge in [-0.25, -0.2) is 4.79 Å². The predicted molar refractivity (Wildman–Crippen MR) is 86.4 cm³/mol. The fourth-order valence-corrected chi connectivity index (χ4v) is 2.40. The Labute approximate surface area is 128 Å². The van der Waals surface area contributed by atoms with Crippen LogP contribution in [0.1, 0.15) is 56.3 Å². The highest BCUT2D eigenvalue weighted by Crippen LogP contribution is 2.20. The lowest BCUT2D eigenvalue weighted by molar-refractivity contribution is 0.199. The maximum Gasteiger partial charge on any atom is 0.315 e. The van der Waals surface area contributed by atoms with E-state index < -0.39 is 0 Å². The first-order valence-electron chi connectivity index (χ1n) is 7.58. The van der Waals surface area contributed by atoms with Gasteiger partial charge in [-0.2, -0.15) is 0 Å². The first kappa shape index (κ1) is 17.5. The molecule has 0 spiro atoms. The number of nitrogens with one attached hydrogen (secondary N) is 2. The van der Waals surface area contributed by atoms with E-state index in [-0.39, 0.29) is 24.2 Å². The summed E-state index contributed by atoms with van der Waals surface area (Å²) in [6, 6.07) is 5.87. The fraction of sp³-hybridized carbons (Fsp3) is 0.588. The maximum atomic E-state index is 12.2. The average Bonchev–Trinajstić information content (AvgIpc) is 2.41. The smallest absolute Gasteiger partial charge is 0.315 e. The standard InChI is InChI=1S/C17H28N2O2/c1-6-17(5,10-11-20)19-16(21)18-14(4)15-9-7-8-12(2)13(15)3/h7-9,14,20H,6,10-11H2,1-5H3,(H2,18,19,21). The number of hydrogen-bond donors (Lipinski definition) is 3. The Morgan fingerprint density at radius 3 is 2.62 bits per heavy atom. The molecule has 4 nitrogen and oxygen atoms in total. The number of urea groups is 1. The lowest BCUT2D eigenvalue weighted by Crippen LogP contribution is -2.50. The Morgan fingerprint density at radius 2 is 2.05 bits per heavy atom. The van der Waals surface area contributed by atoms with Gasteiger partial charge in [0.25, 0.3) is 0 Å².